The Balaban J connectivity index is 2.84. The van der Waals surface area contributed by atoms with Crippen LogP contribution in [0.3, 0.4) is 0 Å². The largest absolute Gasteiger partial charge is 0.478 e. The summed E-state index contributed by atoms with van der Waals surface area (Å²) < 4.78 is 4.73. The Morgan fingerprint density at radius 2 is 2.16 bits per heavy atom. The molecular weight excluding hydrogens is 252 g/mol. The average molecular weight is 266 g/mol. The van der Waals surface area contributed by atoms with Crippen molar-refractivity contribution in [3.63, 3.8) is 0 Å². The van der Waals surface area contributed by atoms with Crippen molar-refractivity contribution in [2.75, 3.05) is 6.61 Å². The van der Waals surface area contributed by atoms with Gasteiger partial charge in [0.15, 0.2) is 0 Å². The summed E-state index contributed by atoms with van der Waals surface area (Å²) in [6.07, 6.45) is 1.30. The molecule has 0 saturated carbocycles. The Kier molecular flexibility index (Phi) is 4.99. The first-order chi connectivity index (χ1) is 8.97. The van der Waals surface area contributed by atoms with Crippen molar-refractivity contribution in [3.05, 3.63) is 29.6 Å². The Morgan fingerprint density at radius 1 is 1.47 bits per heavy atom. The van der Waals surface area contributed by atoms with E-state index in [1.807, 2.05) is 0 Å². The molecule has 0 saturated heterocycles. The third-order valence-electron chi connectivity index (χ3n) is 2.24. The van der Waals surface area contributed by atoms with Crippen molar-refractivity contribution in [2.24, 2.45) is 0 Å². The zero-order chi connectivity index (χ0) is 14.4. The van der Waals surface area contributed by atoms with Gasteiger partial charge in [0.05, 0.1) is 12.2 Å². The summed E-state index contributed by atoms with van der Waals surface area (Å²) in [7, 11) is 0. The Hall–Kier alpha value is -2.44. The summed E-state index contributed by atoms with van der Waals surface area (Å²) in [5.41, 5.74) is -0.470. The minimum atomic E-state index is -1.26. The van der Waals surface area contributed by atoms with Crippen LogP contribution in [0.2, 0.25) is 0 Å². The first kappa shape index (κ1) is 14.6. The number of aromatic nitrogens is 1. The number of ether oxygens (including phenoxy) is 1. The summed E-state index contributed by atoms with van der Waals surface area (Å²) in [5.74, 6) is -2.59. The highest BCUT2D eigenvalue weighted by Crippen LogP contribution is 2.05. The van der Waals surface area contributed by atoms with Crippen LogP contribution < -0.4 is 5.32 Å². The van der Waals surface area contributed by atoms with Crippen molar-refractivity contribution in [3.8, 4) is 0 Å². The number of carbonyl (C=O) groups is 3. The van der Waals surface area contributed by atoms with Gasteiger partial charge in [-0.15, -0.1) is 0 Å². The smallest absolute Gasteiger partial charge is 0.338 e. The van der Waals surface area contributed by atoms with E-state index in [9.17, 15) is 14.4 Å². The van der Waals surface area contributed by atoms with Gasteiger partial charge in [-0.05, 0) is 26.0 Å². The molecule has 7 heteroatoms. The number of esters is 1. The molecule has 0 aliphatic heterocycles. The molecule has 1 aromatic heterocycles. The highest BCUT2D eigenvalue weighted by atomic mass is 16.5. The van der Waals surface area contributed by atoms with Crippen LogP contribution in [-0.2, 0) is 9.53 Å². The normalized spacial score (nSPS) is 11.5. The number of hydrogen-bond donors (Lipinski definition) is 2. The molecule has 7 nitrogen and oxygen atoms in total. The van der Waals surface area contributed by atoms with Gasteiger partial charge in [0, 0.05) is 6.20 Å². The average Bonchev–Trinajstić information content (AvgIpc) is 2.38. The summed E-state index contributed by atoms with van der Waals surface area (Å²) in [6.45, 7) is 3.29. The van der Waals surface area contributed by atoms with Gasteiger partial charge < -0.3 is 15.2 Å². The molecule has 0 bridgehead atoms. The number of amides is 1. The number of pyridine rings is 1. The van der Waals surface area contributed by atoms with Crippen molar-refractivity contribution >= 4 is 17.8 Å². The number of carboxylic acid groups (broad SMARTS) is 1. The van der Waals surface area contributed by atoms with E-state index in [-0.39, 0.29) is 17.9 Å². The molecule has 0 aromatic carbocycles. The lowest BCUT2D eigenvalue weighted by molar-refractivity contribution is -0.144. The number of nitrogens with zero attached hydrogens (tertiary/aromatic N) is 1. The van der Waals surface area contributed by atoms with E-state index in [2.05, 4.69) is 10.3 Å². The number of carboxylic acids is 1. The van der Waals surface area contributed by atoms with E-state index >= 15 is 0 Å². The van der Waals surface area contributed by atoms with Crippen LogP contribution in [0.4, 0.5) is 0 Å². The van der Waals surface area contributed by atoms with E-state index in [0.717, 1.165) is 0 Å². The lowest BCUT2D eigenvalue weighted by Gasteiger charge is -2.12. The third-order valence-corrected chi connectivity index (χ3v) is 2.24. The molecule has 1 rings (SSSR count). The molecule has 102 valence electrons. The molecule has 1 amide bonds. The maximum atomic E-state index is 11.8. The van der Waals surface area contributed by atoms with E-state index in [0.29, 0.717) is 0 Å². The van der Waals surface area contributed by atoms with Crippen LogP contribution in [0.5, 0.6) is 0 Å². The van der Waals surface area contributed by atoms with Crippen molar-refractivity contribution in [1.82, 2.24) is 10.3 Å². The van der Waals surface area contributed by atoms with E-state index < -0.39 is 23.9 Å². The quantitative estimate of drug-likeness (QED) is 0.750. The van der Waals surface area contributed by atoms with Gasteiger partial charge in [0.25, 0.3) is 5.91 Å². The zero-order valence-corrected chi connectivity index (χ0v) is 10.5. The lowest BCUT2D eigenvalue weighted by Crippen LogP contribution is -2.40. The van der Waals surface area contributed by atoms with Crippen molar-refractivity contribution in [2.45, 2.75) is 19.9 Å². The molecule has 2 N–H and O–H groups in total. The predicted octanol–water partition coefficient (Wildman–Crippen LogP) is 0.461. The summed E-state index contributed by atoms with van der Waals surface area (Å²) in [4.78, 5) is 37.8. The molecular formula is C12H14N2O5. The van der Waals surface area contributed by atoms with Crippen LogP contribution in [0.1, 0.15) is 34.7 Å². The highest BCUT2D eigenvalue weighted by Gasteiger charge is 2.22. The highest BCUT2D eigenvalue weighted by molar-refractivity contribution is 6.04. The van der Waals surface area contributed by atoms with Crippen LogP contribution in [0, 0.1) is 0 Å². The number of hydrogen-bond acceptors (Lipinski definition) is 5. The minimum absolute atomic E-state index is 0.197. The van der Waals surface area contributed by atoms with Gasteiger partial charge >= 0.3 is 11.9 Å². The van der Waals surface area contributed by atoms with E-state index in [4.69, 9.17) is 9.84 Å². The minimum Gasteiger partial charge on any atom is -0.478 e. The number of nitrogens with one attached hydrogen (secondary N) is 1. The van der Waals surface area contributed by atoms with Gasteiger partial charge in [-0.1, -0.05) is 0 Å². The standard InChI is InChI=1S/C12H14N2O5/c1-3-19-12(18)7(2)14-10(15)9-8(11(16)17)5-4-6-13-9/h4-7H,3H2,1-2H3,(H,14,15)(H,16,17). The van der Waals surface area contributed by atoms with Crippen molar-refractivity contribution < 1.29 is 24.2 Å². The Labute approximate surface area is 109 Å². The van der Waals surface area contributed by atoms with E-state index in [1.54, 1.807) is 6.92 Å². The summed E-state index contributed by atoms with van der Waals surface area (Å²) in [5, 5.41) is 11.3. The topological polar surface area (TPSA) is 106 Å². The maximum absolute atomic E-state index is 11.8. The van der Waals surface area contributed by atoms with Crippen LogP contribution in [0.15, 0.2) is 18.3 Å². The number of rotatable bonds is 5. The predicted molar refractivity (Wildman–Crippen MR) is 64.8 cm³/mol. The van der Waals surface area contributed by atoms with Crippen molar-refractivity contribution in [1.29, 1.82) is 0 Å². The maximum Gasteiger partial charge on any atom is 0.338 e. The monoisotopic (exact) mass is 266 g/mol. The van der Waals surface area contributed by atoms with E-state index in [1.165, 1.54) is 25.3 Å². The fourth-order valence-electron chi connectivity index (χ4n) is 1.35. The summed E-state index contributed by atoms with van der Waals surface area (Å²) in [6, 6.07) is 1.80. The Morgan fingerprint density at radius 3 is 2.74 bits per heavy atom. The molecule has 1 aromatic rings. The molecule has 0 aliphatic rings. The molecule has 0 radical (unpaired) electrons. The second-order valence-corrected chi connectivity index (χ2v) is 3.65. The fourth-order valence-corrected chi connectivity index (χ4v) is 1.35. The molecule has 1 atom stereocenters. The zero-order valence-electron chi connectivity index (χ0n) is 10.5. The second-order valence-electron chi connectivity index (χ2n) is 3.65. The first-order valence-electron chi connectivity index (χ1n) is 5.63. The SMILES string of the molecule is CCOC(=O)C(C)NC(=O)c1ncccc1C(=O)O. The Bertz CT molecular complexity index is 501. The number of aromatic carboxylic acids is 1. The van der Waals surface area contributed by atoms with Gasteiger partial charge in [-0.2, -0.15) is 0 Å². The number of carbonyl (C=O) groups excluding carboxylic acids is 2. The van der Waals surface area contributed by atoms with Crippen LogP contribution >= 0.6 is 0 Å². The van der Waals surface area contributed by atoms with Gasteiger partial charge in [-0.25, -0.2) is 9.59 Å². The molecule has 0 spiro atoms. The molecule has 0 fully saturated rings. The second kappa shape index (κ2) is 6.48. The van der Waals surface area contributed by atoms with Crippen LogP contribution in [-0.4, -0.2) is 40.6 Å². The molecule has 1 unspecified atom stereocenters. The molecule has 0 aliphatic carbocycles. The molecule has 1 heterocycles. The van der Waals surface area contributed by atoms with Gasteiger partial charge in [0.2, 0.25) is 0 Å². The fraction of sp³-hybridized carbons (Fsp3) is 0.333. The summed E-state index contributed by atoms with van der Waals surface area (Å²) >= 11 is 0. The first-order valence-corrected chi connectivity index (χ1v) is 5.63. The lowest BCUT2D eigenvalue weighted by atomic mass is 10.2. The van der Waals surface area contributed by atoms with Gasteiger partial charge in [0.1, 0.15) is 11.7 Å². The van der Waals surface area contributed by atoms with Gasteiger partial charge in [-0.3, -0.25) is 9.78 Å². The molecule has 19 heavy (non-hydrogen) atoms. The van der Waals surface area contributed by atoms with Crippen LogP contribution in [0.25, 0.3) is 0 Å². The third kappa shape index (κ3) is 3.77.